The van der Waals surface area contributed by atoms with Crippen molar-refractivity contribution in [2.45, 2.75) is 39.2 Å². The van der Waals surface area contributed by atoms with E-state index >= 15 is 0 Å². The van der Waals surface area contributed by atoms with E-state index in [0.717, 1.165) is 23.8 Å². The second kappa shape index (κ2) is 9.94. The van der Waals surface area contributed by atoms with Crippen molar-refractivity contribution >= 4 is 40.9 Å². The molecule has 8 heteroatoms. The number of hydrogen-bond donors (Lipinski definition) is 3. The molecule has 0 unspecified atom stereocenters. The van der Waals surface area contributed by atoms with Crippen LogP contribution >= 0.6 is 12.4 Å². The Balaban J connectivity index is 0.00000338. The van der Waals surface area contributed by atoms with Crippen molar-refractivity contribution in [2.24, 2.45) is 5.73 Å². The number of benzene rings is 1. The Morgan fingerprint density at radius 2 is 1.96 bits per heavy atom. The fourth-order valence-corrected chi connectivity index (χ4v) is 2.52. The lowest BCUT2D eigenvalue weighted by molar-refractivity contribution is -0.119. The number of unbranched alkanes of at least 4 members (excludes halogenated alkanes) is 1. The van der Waals surface area contributed by atoms with Crippen LogP contribution < -0.4 is 22.0 Å². The third kappa shape index (κ3) is 6.16. The molecule has 0 radical (unpaired) electrons. The molecule has 0 bridgehead atoms. The van der Waals surface area contributed by atoms with Gasteiger partial charge in [-0.2, -0.15) is 0 Å². The van der Waals surface area contributed by atoms with E-state index in [1.54, 1.807) is 18.2 Å². The van der Waals surface area contributed by atoms with Crippen molar-refractivity contribution < 1.29 is 14.0 Å². The lowest BCUT2D eigenvalue weighted by Crippen LogP contribution is -2.35. The molecule has 2 aromatic rings. The molecule has 0 aliphatic rings. The van der Waals surface area contributed by atoms with Gasteiger partial charge in [-0.1, -0.05) is 0 Å². The van der Waals surface area contributed by atoms with E-state index < -0.39 is 11.7 Å². The van der Waals surface area contributed by atoms with Gasteiger partial charge in [-0.3, -0.25) is 9.59 Å². The number of amides is 2. The van der Waals surface area contributed by atoms with Crippen LogP contribution in [-0.4, -0.2) is 24.4 Å². The Bertz CT molecular complexity index is 835. The zero-order valence-electron chi connectivity index (χ0n) is 14.8. The number of anilines is 1. The van der Waals surface area contributed by atoms with Gasteiger partial charge in [0.1, 0.15) is 5.58 Å². The number of rotatable bonds is 7. The smallest absolute Gasteiger partial charge is 0.336 e. The minimum absolute atomic E-state index is 0. The molecule has 0 spiro atoms. The van der Waals surface area contributed by atoms with Crippen LogP contribution in [0.1, 0.15) is 31.7 Å². The molecule has 1 aromatic heterocycles. The van der Waals surface area contributed by atoms with Crippen molar-refractivity contribution in [3.63, 3.8) is 0 Å². The van der Waals surface area contributed by atoms with E-state index in [1.807, 2.05) is 6.92 Å². The number of nitrogens with one attached hydrogen (secondary N) is 2. The molecule has 0 fully saturated rings. The quantitative estimate of drug-likeness (QED) is 0.502. The third-order valence-electron chi connectivity index (χ3n) is 3.87. The molecule has 0 aliphatic heterocycles. The first-order valence-corrected chi connectivity index (χ1v) is 8.22. The number of carbonyl (C=O) groups is 2. The third-order valence-corrected chi connectivity index (χ3v) is 3.87. The molecular weight excluding hydrogens is 358 g/mol. The number of aryl methyl sites for hydroxylation is 1. The molecule has 0 saturated carbocycles. The lowest BCUT2D eigenvalue weighted by atomic mass is 10.1. The van der Waals surface area contributed by atoms with Gasteiger partial charge in [0.15, 0.2) is 0 Å². The predicted molar refractivity (Wildman–Crippen MR) is 104 cm³/mol. The van der Waals surface area contributed by atoms with Gasteiger partial charge < -0.3 is 20.8 Å². The van der Waals surface area contributed by atoms with Crippen LogP contribution in [0.5, 0.6) is 0 Å². The maximum absolute atomic E-state index is 12.2. The van der Waals surface area contributed by atoms with E-state index in [2.05, 4.69) is 10.6 Å². The summed E-state index contributed by atoms with van der Waals surface area (Å²) >= 11 is 0. The highest BCUT2D eigenvalue weighted by molar-refractivity contribution is 5.96. The van der Waals surface area contributed by atoms with Crippen LogP contribution in [0.25, 0.3) is 11.0 Å². The minimum Gasteiger partial charge on any atom is -0.423 e. The first-order valence-electron chi connectivity index (χ1n) is 8.22. The van der Waals surface area contributed by atoms with Gasteiger partial charge in [0.2, 0.25) is 11.8 Å². The Morgan fingerprint density at radius 1 is 1.23 bits per heavy atom. The molecule has 26 heavy (non-hydrogen) atoms. The zero-order valence-corrected chi connectivity index (χ0v) is 15.7. The SMILES string of the molecule is CC(=O)NCCCC[C@H](N)C(=O)Nc1ccc2c(C)cc(=O)oc2c1.Cl. The van der Waals surface area contributed by atoms with E-state index in [9.17, 15) is 14.4 Å². The minimum atomic E-state index is -0.641. The van der Waals surface area contributed by atoms with Gasteiger partial charge >= 0.3 is 5.63 Å². The van der Waals surface area contributed by atoms with E-state index in [-0.39, 0.29) is 24.2 Å². The summed E-state index contributed by atoms with van der Waals surface area (Å²) in [6, 6.07) is 5.94. The number of halogens is 1. The summed E-state index contributed by atoms with van der Waals surface area (Å²) in [5.41, 5.74) is 7.24. The van der Waals surface area contributed by atoms with Gasteiger partial charge in [0.25, 0.3) is 0 Å². The molecule has 1 heterocycles. The number of nitrogens with two attached hydrogens (primary N) is 1. The standard InChI is InChI=1S/C18H23N3O4.ClH/c1-11-9-17(23)25-16-10-13(6-7-14(11)16)21-18(24)15(19)5-3-4-8-20-12(2)22;/h6-7,9-10,15H,3-5,8,19H2,1-2H3,(H,20,22)(H,21,24);1H/t15-;/m0./s1. The van der Waals surface area contributed by atoms with Gasteiger partial charge in [0.05, 0.1) is 6.04 Å². The molecule has 0 aliphatic carbocycles. The summed E-state index contributed by atoms with van der Waals surface area (Å²) in [4.78, 5) is 34.4. The highest BCUT2D eigenvalue weighted by Gasteiger charge is 2.14. The topological polar surface area (TPSA) is 114 Å². The van der Waals surface area contributed by atoms with Crippen LogP contribution in [0, 0.1) is 6.92 Å². The summed E-state index contributed by atoms with van der Waals surface area (Å²) < 4.78 is 5.16. The van der Waals surface area contributed by atoms with Crippen molar-refractivity contribution in [3.8, 4) is 0 Å². The predicted octanol–water partition coefficient (Wildman–Crippen LogP) is 2.10. The van der Waals surface area contributed by atoms with E-state index in [4.69, 9.17) is 10.2 Å². The Labute approximate surface area is 157 Å². The fourth-order valence-electron chi connectivity index (χ4n) is 2.52. The second-order valence-corrected chi connectivity index (χ2v) is 6.03. The van der Waals surface area contributed by atoms with Gasteiger partial charge in [-0.15, -0.1) is 12.4 Å². The van der Waals surface area contributed by atoms with Gasteiger partial charge in [-0.25, -0.2) is 4.79 Å². The maximum Gasteiger partial charge on any atom is 0.336 e. The highest BCUT2D eigenvalue weighted by atomic mass is 35.5. The summed E-state index contributed by atoms with van der Waals surface area (Å²) in [6.07, 6.45) is 2.02. The summed E-state index contributed by atoms with van der Waals surface area (Å²) in [6.45, 7) is 3.87. The summed E-state index contributed by atoms with van der Waals surface area (Å²) in [5.74, 6) is -0.367. The van der Waals surface area contributed by atoms with Crippen molar-refractivity contribution in [2.75, 3.05) is 11.9 Å². The average molecular weight is 382 g/mol. The monoisotopic (exact) mass is 381 g/mol. The summed E-state index contributed by atoms with van der Waals surface area (Å²) in [5, 5.41) is 6.25. The van der Waals surface area contributed by atoms with Crippen LogP contribution in [0.3, 0.4) is 0 Å². The molecular formula is C18H24ClN3O4. The van der Waals surface area contributed by atoms with Crippen molar-refractivity contribution in [3.05, 3.63) is 40.2 Å². The fraction of sp³-hybridized carbons (Fsp3) is 0.389. The number of hydrogen-bond acceptors (Lipinski definition) is 5. The summed E-state index contributed by atoms with van der Waals surface area (Å²) in [7, 11) is 0. The van der Waals surface area contributed by atoms with Crippen LogP contribution in [-0.2, 0) is 9.59 Å². The molecule has 2 rings (SSSR count). The largest absolute Gasteiger partial charge is 0.423 e. The molecule has 0 saturated heterocycles. The average Bonchev–Trinajstić information content (AvgIpc) is 2.53. The molecule has 2 amide bonds. The number of carbonyl (C=O) groups excluding carboxylic acids is 2. The normalized spacial score (nSPS) is 11.5. The second-order valence-electron chi connectivity index (χ2n) is 6.03. The molecule has 7 nitrogen and oxygen atoms in total. The first-order chi connectivity index (χ1) is 11.9. The maximum atomic E-state index is 12.2. The highest BCUT2D eigenvalue weighted by Crippen LogP contribution is 2.20. The van der Waals surface area contributed by atoms with Gasteiger partial charge in [0, 0.05) is 36.7 Å². The molecule has 142 valence electrons. The van der Waals surface area contributed by atoms with Gasteiger partial charge in [-0.05, 0) is 43.9 Å². The van der Waals surface area contributed by atoms with E-state index in [0.29, 0.717) is 24.2 Å². The molecule has 4 N–H and O–H groups in total. The molecule has 1 atom stereocenters. The lowest BCUT2D eigenvalue weighted by Gasteiger charge is -2.12. The first kappa shape index (κ1) is 21.7. The number of fused-ring (bicyclic) bond motifs is 1. The molecule has 1 aromatic carbocycles. The zero-order chi connectivity index (χ0) is 18.4. The van der Waals surface area contributed by atoms with Crippen LogP contribution in [0.15, 0.2) is 33.5 Å². The Kier molecular flexibility index (Phi) is 8.28. The van der Waals surface area contributed by atoms with E-state index in [1.165, 1.54) is 13.0 Å². The Morgan fingerprint density at radius 3 is 2.65 bits per heavy atom. The van der Waals surface area contributed by atoms with Crippen LogP contribution in [0.4, 0.5) is 5.69 Å². The Hall–Kier alpha value is -2.38. The van der Waals surface area contributed by atoms with Crippen molar-refractivity contribution in [1.29, 1.82) is 0 Å². The van der Waals surface area contributed by atoms with Crippen LogP contribution in [0.2, 0.25) is 0 Å². The van der Waals surface area contributed by atoms with Crippen molar-refractivity contribution in [1.82, 2.24) is 5.32 Å².